The summed E-state index contributed by atoms with van der Waals surface area (Å²) >= 11 is 0. The Hall–Kier alpha value is -4.41. The Morgan fingerprint density at radius 1 is 0.959 bits per heavy atom. The molecule has 3 amide bonds. The first-order valence-corrected chi connectivity index (χ1v) is 17.4. The summed E-state index contributed by atoms with van der Waals surface area (Å²) in [6.45, 7) is 6.98. The van der Waals surface area contributed by atoms with Crippen molar-refractivity contribution in [3.63, 3.8) is 0 Å². The van der Waals surface area contributed by atoms with E-state index in [2.05, 4.69) is 17.4 Å². The normalized spacial score (nSPS) is 20.5. The molecule has 264 valence electrons. The third kappa shape index (κ3) is 8.25. The van der Waals surface area contributed by atoms with Gasteiger partial charge in [0.25, 0.3) is 0 Å². The third-order valence-corrected chi connectivity index (χ3v) is 10.1. The molecule has 4 atom stereocenters. The lowest BCUT2D eigenvalue weighted by Crippen LogP contribution is -2.58. The lowest BCUT2D eigenvalue weighted by Gasteiger charge is -2.35. The van der Waals surface area contributed by atoms with Crippen molar-refractivity contribution in [2.75, 3.05) is 20.2 Å². The average molecular weight is 676 g/mol. The van der Waals surface area contributed by atoms with Gasteiger partial charge in [-0.3, -0.25) is 19.3 Å². The van der Waals surface area contributed by atoms with E-state index in [0.29, 0.717) is 12.8 Å². The van der Waals surface area contributed by atoms with Gasteiger partial charge in [0.05, 0.1) is 6.42 Å². The molecular formula is C38H49N3O8. The topological polar surface area (TPSA) is 143 Å². The van der Waals surface area contributed by atoms with Crippen LogP contribution in [0.15, 0.2) is 48.5 Å². The fraction of sp³-hybridized carbons (Fsp3) is 0.553. The molecule has 49 heavy (non-hydrogen) atoms. The summed E-state index contributed by atoms with van der Waals surface area (Å²) in [5.41, 5.74) is 3.70. The van der Waals surface area contributed by atoms with Crippen molar-refractivity contribution < 1.29 is 38.6 Å². The summed E-state index contributed by atoms with van der Waals surface area (Å²) in [6.07, 6.45) is 3.64. The minimum absolute atomic E-state index is 0.0260. The third-order valence-electron chi connectivity index (χ3n) is 10.1. The lowest BCUT2D eigenvalue weighted by atomic mass is 9.83. The molecule has 11 nitrogen and oxygen atoms in total. The number of esters is 1. The van der Waals surface area contributed by atoms with Gasteiger partial charge >= 0.3 is 18.0 Å². The molecule has 0 aromatic heterocycles. The summed E-state index contributed by atoms with van der Waals surface area (Å²) < 4.78 is 11.2. The van der Waals surface area contributed by atoms with Gasteiger partial charge in [0.15, 0.2) is 0 Å². The second-order valence-electron chi connectivity index (χ2n) is 14.7. The van der Waals surface area contributed by atoms with Gasteiger partial charge in [0.2, 0.25) is 11.8 Å². The van der Waals surface area contributed by atoms with Crippen LogP contribution in [0.4, 0.5) is 4.79 Å². The van der Waals surface area contributed by atoms with Crippen molar-refractivity contribution in [1.82, 2.24) is 15.1 Å². The maximum Gasteiger partial charge on any atom is 0.410 e. The van der Waals surface area contributed by atoms with Crippen LogP contribution in [0.2, 0.25) is 0 Å². The molecule has 2 aromatic rings. The van der Waals surface area contributed by atoms with Crippen LogP contribution >= 0.6 is 0 Å². The molecule has 2 aliphatic carbocycles. The van der Waals surface area contributed by atoms with Gasteiger partial charge in [-0.15, -0.1) is 0 Å². The van der Waals surface area contributed by atoms with Gasteiger partial charge in [-0.05, 0) is 81.0 Å². The van der Waals surface area contributed by atoms with Crippen molar-refractivity contribution in [1.29, 1.82) is 0 Å². The molecular weight excluding hydrogens is 626 g/mol. The standard InChI is InChI=1S/C38H49N3O8/c1-23(40(5)37(47)49-38(2,3)4)34(43)39-33(25-13-7-6-8-14-25)35(44)41-21-24(19-31(41)36(45)46)20-32(42)48-22-30-28-17-11-9-15-26(28)27-16-10-12-18-29(27)30/h9-12,15-18,23-25,30-31,33H,6-8,13-14,19-22H2,1-5H3,(H,39,43)(H,45,46)/t23-,24+,31-,33-/m0/s1. The molecule has 5 rings (SSSR count). The van der Waals surface area contributed by atoms with Crippen molar-refractivity contribution in [2.45, 2.75) is 102 Å². The first-order valence-electron chi connectivity index (χ1n) is 17.4. The molecule has 1 heterocycles. The van der Waals surface area contributed by atoms with Crippen molar-refractivity contribution in [3.05, 3.63) is 59.7 Å². The van der Waals surface area contributed by atoms with E-state index in [1.807, 2.05) is 36.4 Å². The van der Waals surface area contributed by atoms with E-state index >= 15 is 0 Å². The number of nitrogens with zero attached hydrogens (tertiary/aromatic N) is 2. The molecule has 0 spiro atoms. The minimum Gasteiger partial charge on any atom is -0.480 e. The van der Waals surface area contributed by atoms with Crippen LogP contribution in [0.3, 0.4) is 0 Å². The minimum atomic E-state index is -1.16. The van der Waals surface area contributed by atoms with Crippen LogP contribution in [-0.2, 0) is 28.7 Å². The van der Waals surface area contributed by atoms with Crippen LogP contribution in [0.5, 0.6) is 0 Å². The van der Waals surface area contributed by atoms with Crippen molar-refractivity contribution in [3.8, 4) is 11.1 Å². The number of hydrogen-bond acceptors (Lipinski definition) is 7. The van der Waals surface area contributed by atoms with E-state index in [1.54, 1.807) is 27.7 Å². The van der Waals surface area contributed by atoms with E-state index in [-0.39, 0.29) is 37.8 Å². The predicted octanol–water partition coefficient (Wildman–Crippen LogP) is 5.35. The van der Waals surface area contributed by atoms with E-state index < -0.39 is 59.5 Å². The van der Waals surface area contributed by atoms with Crippen LogP contribution in [0.1, 0.15) is 89.7 Å². The zero-order chi connectivity index (χ0) is 35.5. The van der Waals surface area contributed by atoms with Crippen molar-refractivity contribution in [2.24, 2.45) is 11.8 Å². The van der Waals surface area contributed by atoms with Gasteiger partial charge in [0.1, 0.15) is 30.3 Å². The largest absolute Gasteiger partial charge is 0.480 e. The van der Waals surface area contributed by atoms with Gasteiger partial charge in [-0.2, -0.15) is 0 Å². The Morgan fingerprint density at radius 3 is 2.12 bits per heavy atom. The first-order chi connectivity index (χ1) is 23.2. The Balaban J connectivity index is 1.25. The number of benzene rings is 2. The van der Waals surface area contributed by atoms with Crippen LogP contribution in [0.25, 0.3) is 11.1 Å². The number of likely N-dealkylation sites (tertiary alicyclic amines) is 1. The van der Waals surface area contributed by atoms with Crippen LogP contribution in [0, 0.1) is 11.8 Å². The Bertz CT molecular complexity index is 1520. The number of likely N-dealkylation sites (N-methyl/N-ethyl adjacent to an activating group) is 1. The smallest absolute Gasteiger partial charge is 0.410 e. The highest BCUT2D eigenvalue weighted by Gasteiger charge is 2.45. The molecule has 3 aliphatic rings. The summed E-state index contributed by atoms with van der Waals surface area (Å²) in [4.78, 5) is 68.4. The molecule has 0 unspecified atom stereocenters. The Morgan fingerprint density at radius 2 is 1.55 bits per heavy atom. The molecule has 1 saturated heterocycles. The number of rotatable bonds is 10. The Kier molecular flexibility index (Phi) is 11.0. The number of aliphatic carboxylic acids is 1. The molecule has 1 aliphatic heterocycles. The predicted molar refractivity (Wildman–Crippen MR) is 183 cm³/mol. The highest BCUT2D eigenvalue weighted by molar-refractivity contribution is 5.93. The SMILES string of the molecule is C[C@@H](C(=O)N[C@H](C(=O)N1C[C@@H](CC(=O)OCC2c3ccccc3-c3ccccc32)C[C@H]1C(=O)O)C1CCCCC1)N(C)C(=O)OC(C)(C)C. The summed E-state index contributed by atoms with van der Waals surface area (Å²) in [5.74, 6) is -3.30. The fourth-order valence-electron chi connectivity index (χ4n) is 7.43. The van der Waals surface area contributed by atoms with Crippen LogP contribution in [-0.4, -0.2) is 88.7 Å². The van der Waals surface area contributed by atoms with E-state index in [9.17, 15) is 29.1 Å². The van der Waals surface area contributed by atoms with Gasteiger partial charge in [-0.25, -0.2) is 9.59 Å². The zero-order valence-corrected chi connectivity index (χ0v) is 29.1. The molecule has 11 heteroatoms. The number of fused-ring (bicyclic) bond motifs is 3. The number of carboxylic acid groups (broad SMARTS) is 1. The second kappa shape index (κ2) is 15.0. The average Bonchev–Trinajstić information content (AvgIpc) is 3.64. The number of carbonyl (C=O) groups is 5. The number of hydrogen-bond donors (Lipinski definition) is 2. The Labute approximate surface area is 288 Å². The highest BCUT2D eigenvalue weighted by atomic mass is 16.6. The monoisotopic (exact) mass is 675 g/mol. The molecule has 2 N–H and O–H groups in total. The second-order valence-corrected chi connectivity index (χ2v) is 14.7. The number of carboxylic acids is 1. The quantitative estimate of drug-likeness (QED) is 0.321. The number of nitrogens with one attached hydrogen (secondary N) is 1. The van der Waals surface area contributed by atoms with E-state index in [4.69, 9.17) is 9.47 Å². The van der Waals surface area contributed by atoms with E-state index in [0.717, 1.165) is 41.5 Å². The van der Waals surface area contributed by atoms with Crippen LogP contribution < -0.4 is 5.32 Å². The van der Waals surface area contributed by atoms with Gasteiger partial charge in [0, 0.05) is 19.5 Å². The summed E-state index contributed by atoms with van der Waals surface area (Å²) in [6, 6.07) is 13.1. The maximum atomic E-state index is 14.2. The molecule has 0 bridgehead atoms. The van der Waals surface area contributed by atoms with Crippen molar-refractivity contribution >= 4 is 29.8 Å². The van der Waals surface area contributed by atoms with Gasteiger partial charge < -0.3 is 24.8 Å². The number of amides is 3. The zero-order valence-electron chi connectivity index (χ0n) is 29.1. The first kappa shape index (κ1) is 35.9. The van der Waals surface area contributed by atoms with Gasteiger partial charge in [-0.1, -0.05) is 67.8 Å². The lowest BCUT2D eigenvalue weighted by molar-refractivity contribution is -0.150. The summed E-state index contributed by atoms with van der Waals surface area (Å²) in [7, 11) is 1.46. The molecule has 0 radical (unpaired) electrons. The number of carbonyl (C=O) groups excluding carboxylic acids is 4. The van der Waals surface area contributed by atoms with E-state index in [1.165, 1.54) is 16.8 Å². The fourth-order valence-corrected chi connectivity index (χ4v) is 7.43. The highest BCUT2D eigenvalue weighted by Crippen LogP contribution is 2.44. The molecule has 2 aromatic carbocycles. The molecule has 1 saturated carbocycles. The summed E-state index contributed by atoms with van der Waals surface area (Å²) in [5, 5.41) is 13.0. The number of ether oxygens (including phenoxy) is 2. The molecule has 2 fully saturated rings. The maximum absolute atomic E-state index is 14.2.